The summed E-state index contributed by atoms with van der Waals surface area (Å²) in [5, 5.41) is 7.22. The molecule has 1 unspecified atom stereocenters. The van der Waals surface area contributed by atoms with Gasteiger partial charge in [0.15, 0.2) is 0 Å². The summed E-state index contributed by atoms with van der Waals surface area (Å²) >= 11 is 3.38. The Balaban J connectivity index is 1.31. The SMILES string of the molecule is O=C(NCCc1ccc(-n2cccn2)cc1)C1CCCN1C(=O)c1ccc(Br)cc1. The second-order valence-electron chi connectivity index (χ2n) is 7.32. The van der Waals surface area contributed by atoms with Gasteiger partial charge in [-0.3, -0.25) is 9.59 Å². The highest BCUT2D eigenvalue weighted by Gasteiger charge is 2.34. The van der Waals surface area contributed by atoms with Crippen LogP contribution in [0.2, 0.25) is 0 Å². The zero-order chi connectivity index (χ0) is 20.9. The molecule has 30 heavy (non-hydrogen) atoms. The van der Waals surface area contributed by atoms with Crippen molar-refractivity contribution >= 4 is 27.7 Å². The van der Waals surface area contributed by atoms with Crippen LogP contribution in [-0.2, 0) is 11.2 Å². The zero-order valence-electron chi connectivity index (χ0n) is 16.5. The van der Waals surface area contributed by atoms with Crippen LogP contribution in [0, 0.1) is 0 Å². The van der Waals surface area contributed by atoms with Crippen molar-refractivity contribution in [3.05, 3.63) is 82.6 Å². The standard InChI is InChI=1S/C23H23BrN4O2/c24-19-8-6-18(7-9-19)23(30)27-15-1-3-21(27)22(29)25-14-12-17-4-10-20(11-5-17)28-16-2-13-26-28/h2,4-11,13,16,21H,1,3,12,14-15H2,(H,25,29). The van der Waals surface area contributed by atoms with Crippen LogP contribution in [0.5, 0.6) is 0 Å². The Bertz CT molecular complexity index is 1000. The summed E-state index contributed by atoms with van der Waals surface area (Å²) in [5.41, 5.74) is 2.75. The second-order valence-corrected chi connectivity index (χ2v) is 8.24. The molecule has 6 nitrogen and oxygen atoms in total. The van der Waals surface area contributed by atoms with Gasteiger partial charge >= 0.3 is 0 Å². The van der Waals surface area contributed by atoms with Gasteiger partial charge in [0, 0.05) is 35.5 Å². The molecule has 4 rings (SSSR count). The third kappa shape index (κ3) is 4.62. The average Bonchev–Trinajstić information content (AvgIpc) is 3.46. The van der Waals surface area contributed by atoms with E-state index in [4.69, 9.17) is 0 Å². The smallest absolute Gasteiger partial charge is 0.254 e. The number of likely N-dealkylation sites (tertiary alicyclic amines) is 1. The number of aromatic nitrogens is 2. The number of nitrogens with zero attached hydrogens (tertiary/aromatic N) is 3. The minimum Gasteiger partial charge on any atom is -0.354 e. The van der Waals surface area contributed by atoms with E-state index in [1.165, 1.54) is 0 Å². The zero-order valence-corrected chi connectivity index (χ0v) is 18.1. The van der Waals surface area contributed by atoms with E-state index in [2.05, 4.69) is 26.3 Å². The topological polar surface area (TPSA) is 67.2 Å². The normalized spacial score (nSPS) is 15.9. The first-order valence-electron chi connectivity index (χ1n) is 10.0. The summed E-state index contributed by atoms with van der Waals surface area (Å²) in [6.45, 7) is 1.15. The van der Waals surface area contributed by atoms with Crippen LogP contribution in [0.15, 0.2) is 71.5 Å². The van der Waals surface area contributed by atoms with Crippen molar-refractivity contribution in [3.63, 3.8) is 0 Å². The number of carbonyl (C=O) groups is 2. The molecule has 1 saturated heterocycles. The van der Waals surface area contributed by atoms with E-state index >= 15 is 0 Å². The predicted molar refractivity (Wildman–Crippen MR) is 118 cm³/mol. The third-order valence-electron chi connectivity index (χ3n) is 5.33. The van der Waals surface area contributed by atoms with E-state index in [0.717, 1.165) is 28.6 Å². The van der Waals surface area contributed by atoms with E-state index in [1.54, 1.807) is 23.2 Å². The van der Waals surface area contributed by atoms with E-state index in [0.29, 0.717) is 25.1 Å². The van der Waals surface area contributed by atoms with Crippen LogP contribution < -0.4 is 5.32 Å². The summed E-state index contributed by atoms with van der Waals surface area (Å²) in [6.07, 6.45) is 5.93. The molecule has 1 aromatic heterocycles. The molecule has 0 spiro atoms. The molecule has 1 fully saturated rings. The second kappa shape index (κ2) is 9.26. The van der Waals surface area contributed by atoms with Crippen LogP contribution in [0.25, 0.3) is 5.69 Å². The number of halogens is 1. The van der Waals surface area contributed by atoms with Gasteiger partial charge < -0.3 is 10.2 Å². The van der Waals surface area contributed by atoms with Gasteiger partial charge in [0.2, 0.25) is 5.91 Å². The highest BCUT2D eigenvalue weighted by Crippen LogP contribution is 2.21. The molecule has 1 atom stereocenters. The lowest BCUT2D eigenvalue weighted by Gasteiger charge is -2.24. The lowest BCUT2D eigenvalue weighted by atomic mass is 10.1. The van der Waals surface area contributed by atoms with Gasteiger partial charge in [-0.15, -0.1) is 0 Å². The molecule has 3 aromatic rings. The third-order valence-corrected chi connectivity index (χ3v) is 5.85. The lowest BCUT2D eigenvalue weighted by molar-refractivity contribution is -0.124. The van der Waals surface area contributed by atoms with Crippen LogP contribution in [-0.4, -0.2) is 45.6 Å². The summed E-state index contributed by atoms with van der Waals surface area (Å²) in [4.78, 5) is 27.2. The number of rotatable bonds is 6. The molecule has 1 aliphatic rings. The first kappa shape index (κ1) is 20.3. The van der Waals surface area contributed by atoms with Crippen molar-refractivity contribution in [2.45, 2.75) is 25.3 Å². The highest BCUT2D eigenvalue weighted by atomic mass is 79.9. The number of amides is 2. The Morgan fingerprint density at radius 3 is 2.57 bits per heavy atom. The Morgan fingerprint density at radius 1 is 1.10 bits per heavy atom. The Hall–Kier alpha value is -2.93. The summed E-state index contributed by atoms with van der Waals surface area (Å²) in [7, 11) is 0. The molecule has 1 aliphatic heterocycles. The van der Waals surface area contributed by atoms with Gasteiger partial charge in [0.05, 0.1) is 5.69 Å². The quantitative estimate of drug-likeness (QED) is 0.603. The van der Waals surface area contributed by atoms with Crippen molar-refractivity contribution in [3.8, 4) is 5.69 Å². The Morgan fingerprint density at radius 2 is 1.87 bits per heavy atom. The van der Waals surface area contributed by atoms with E-state index in [1.807, 2.05) is 53.3 Å². The van der Waals surface area contributed by atoms with Gasteiger partial charge in [-0.1, -0.05) is 28.1 Å². The minimum atomic E-state index is -0.400. The number of hydrogen-bond acceptors (Lipinski definition) is 3. The fourth-order valence-corrected chi connectivity index (χ4v) is 3.99. The largest absolute Gasteiger partial charge is 0.354 e. The molecule has 0 bridgehead atoms. The number of carbonyl (C=O) groups excluding carboxylic acids is 2. The van der Waals surface area contributed by atoms with Crippen molar-refractivity contribution in [1.29, 1.82) is 0 Å². The Kier molecular flexibility index (Phi) is 6.28. The molecule has 2 aromatic carbocycles. The van der Waals surface area contributed by atoms with Crippen LogP contribution in [0.3, 0.4) is 0 Å². The molecule has 0 saturated carbocycles. The maximum atomic E-state index is 12.8. The number of nitrogens with one attached hydrogen (secondary N) is 1. The van der Waals surface area contributed by atoms with Gasteiger partial charge in [-0.25, -0.2) is 4.68 Å². The first-order chi connectivity index (χ1) is 14.6. The molecule has 7 heteroatoms. The number of benzene rings is 2. The predicted octanol–water partition coefficient (Wildman–Crippen LogP) is 3.60. The van der Waals surface area contributed by atoms with Crippen LogP contribution >= 0.6 is 15.9 Å². The molecule has 0 radical (unpaired) electrons. The van der Waals surface area contributed by atoms with Gasteiger partial charge in [-0.05, 0) is 67.3 Å². The van der Waals surface area contributed by atoms with Gasteiger partial charge in [-0.2, -0.15) is 5.10 Å². The van der Waals surface area contributed by atoms with Crippen molar-refractivity contribution < 1.29 is 9.59 Å². The fourth-order valence-electron chi connectivity index (χ4n) is 3.73. The summed E-state index contributed by atoms with van der Waals surface area (Å²) in [5.74, 6) is -0.166. The van der Waals surface area contributed by atoms with Crippen LogP contribution in [0.4, 0.5) is 0 Å². The van der Waals surface area contributed by atoms with Gasteiger partial charge in [0.25, 0.3) is 5.91 Å². The van der Waals surface area contributed by atoms with Gasteiger partial charge in [0.1, 0.15) is 6.04 Å². The summed E-state index contributed by atoms with van der Waals surface area (Å²) < 4.78 is 2.73. The van der Waals surface area contributed by atoms with E-state index in [9.17, 15) is 9.59 Å². The van der Waals surface area contributed by atoms with E-state index < -0.39 is 6.04 Å². The Labute approximate surface area is 184 Å². The molecular formula is C23H23BrN4O2. The van der Waals surface area contributed by atoms with Crippen LogP contribution in [0.1, 0.15) is 28.8 Å². The molecule has 2 heterocycles. The first-order valence-corrected chi connectivity index (χ1v) is 10.8. The van der Waals surface area contributed by atoms with E-state index in [-0.39, 0.29) is 11.8 Å². The maximum absolute atomic E-state index is 12.8. The average molecular weight is 467 g/mol. The minimum absolute atomic E-state index is 0.0777. The van der Waals surface area contributed by atoms with Crippen molar-refractivity contribution in [1.82, 2.24) is 20.0 Å². The molecular weight excluding hydrogens is 444 g/mol. The monoisotopic (exact) mass is 466 g/mol. The van der Waals surface area contributed by atoms with Crippen molar-refractivity contribution in [2.24, 2.45) is 0 Å². The fraction of sp³-hybridized carbons (Fsp3) is 0.261. The molecule has 154 valence electrons. The molecule has 1 N–H and O–H groups in total. The number of hydrogen-bond donors (Lipinski definition) is 1. The highest BCUT2D eigenvalue weighted by molar-refractivity contribution is 9.10. The summed E-state index contributed by atoms with van der Waals surface area (Å²) in [6, 6.07) is 16.9. The lowest BCUT2D eigenvalue weighted by Crippen LogP contribution is -2.46. The molecule has 0 aliphatic carbocycles. The maximum Gasteiger partial charge on any atom is 0.254 e. The van der Waals surface area contributed by atoms with Crippen molar-refractivity contribution in [2.75, 3.05) is 13.1 Å². The molecule has 2 amide bonds.